The monoisotopic (exact) mass is 328 g/mol. The van der Waals surface area contributed by atoms with Crippen LogP contribution in [0.1, 0.15) is 19.8 Å². The number of anilines is 3. The number of ether oxygens (including phenoxy) is 2. The molecule has 1 fully saturated rings. The third-order valence-corrected chi connectivity index (χ3v) is 3.59. The zero-order valence-corrected chi connectivity index (χ0v) is 13.5. The van der Waals surface area contributed by atoms with Crippen LogP contribution in [0.5, 0.6) is 5.75 Å². The minimum absolute atomic E-state index is 0.177. The van der Waals surface area contributed by atoms with Crippen LogP contribution < -0.4 is 15.4 Å². The van der Waals surface area contributed by atoms with Crippen LogP contribution >= 0.6 is 0 Å². The predicted octanol–water partition coefficient (Wildman–Crippen LogP) is 2.74. The van der Waals surface area contributed by atoms with E-state index in [1.54, 1.807) is 12.1 Å². The summed E-state index contributed by atoms with van der Waals surface area (Å²) in [5.41, 5.74) is 0.810. The normalized spacial score (nSPS) is 16.6. The number of carbonyl (C=O) groups excluding carboxylic acids is 1. The molecule has 1 aliphatic heterocycles. The second kappa shape index (κ2) is 7.74. The van der Waals surface area contributed by atoms with Crippen molar-refractivity contribution in [2.45, 2.75) is 25.9 Å². The molecule has 3 rings (SSSR count). The Balaban J connectivity index is 1.63. The Kier molecular flexibility index (Phi) is 5.22. The van der Waals surface area contributed by atoms with Crippen LogP contribution in [0.3, 0.4) is 0 Å². The highest BCUT2D eigenvalue weighted by molar-refractivity contribution is 5.93. The van der Waals surface area contributed by atoms with Gasteiger partial charge in [-0.05, 0) is 44.0 Å². The SMILES string of the molecule is CCOc1ccccc1Nc1ccc(NC(=O)C2CCCO2)nn1. The molecule has 2 heterocycles. The average Bonchev–Trinajstić information content (AvgIpc) is 3.13. The number of benzene rings is 1. The van der Waals surface area contributed by atoms with E-state index >= 15 is 0 Å². The first-order valence-corrected chi connectivity index (χ1v) is 8.01. The summed E-state index contributed by atoms with van der Waals surface area (Å²) >= 11 is 0. The van der Waals surface area contributed by atoms with Crippen LogP contribution in [0.25, 0.3) is 0 Å². The number of amides is 1. The Morgan fingerprint density at radius 2 is 2.04 bits per heavy atom. The van der Waals surface area contributed by atoms with Gasteiger partial charge in [-0.25, -0.2) is 0 Å². The smallest absolute Gasteiger partial charge is 0.254 e. The molecule has 2 aromatic rings. The van der Waals surface area contributed by atoms with Crippen LogP contribution in [-0.4, -0.2) is 35.4 Å². The molecule has 0 aliphatic carbocycles. The van der Waals surface area contributed by atoms with Crippen LogP contribution in [-0.2, 0) is 9.53 Å². The van der Waals surface area contributed by atoms with Gasteiger partial charge in [0.25, 0.3) is 5.91 Å². The summed E-state index contributed by atoms with van der Waals surface area (Å²) in [6.45, 7) is 3.15. The van der Waals surface area contributed by atoms with E-state index in [9.17, 15) is 4.79 Å². The van der Waals surface area contributed by atoms with Crippen molar-refractivity contribution >= 4 is 23.2 Å². The van der Waals surface area contributed by atoms with Crippen molar-refractivity contribution in [3.05, 3.63) is 36.4 Å². The number of nitrogens with zero attached hydrogens (tertiary/aromatic N) is 2. The van der Waals surface area contributed by atoms with Crippen LogP contribution in [0.2, 0.25) is 0 Å². The molecular weight excluding hydrogens is 308 g/mol. The predicted molar refractivity (Wildman–Crippen MR) is 90.5 cm³/mol. The molecule has 1 aromatic carbocycles. The minimum Gasteiger partial charge on any atom is -0.492 e. The second-order valence-electron chi connectivity index (χ2n) is 5.35. The van der Waals surface area contributed by atoms with Crippen molar-refractivity contribution in [2.75, 3.05) is 23.8 Å². The Morgan fingerprint density at radius 1 is 1.25 bits per heavy atom. The van der Waals surface area contributed by atoms with Gasteiger partial charge in [0.15, 0.2) is 11.6 Å². The maximum Gasteiger partial charge on any atom is 0.254 e. The number of aromatic nitrogens is 2. The molecule has 0 saturated carbocycles. The van der Waals surface area contributed by atoms with E-state index in [1.807, 2.05) is 31.2 Å². The minimum atomic E-state index is -0.386. The lowest BCUT2D eigenvalue weighted by Crippen LogP contribution is -2.27. The van der Waals surface area contributed by atoms with Crippen molar-refractivity contribution in [3.63, 3.8) is 0 Å². The molecule has 1 atom stereocenters. The first kappa shape index (κ1) is 16.2. The van der Waals surface area contributed by atoms with Crippen molar-refractivity contribution in [3.8, 4) is 5.75 Å². The van der Waals surface area contributed by atoms with Gasteiger partial charge in [-0.3, -0.25) is 4.79 Å². The largest absolute Gasteiger partial charge is 0.492 e. The van der Waals surface area contributed by atoms with Gasteiger partial charge < -0.3 is 20.1 Å². The van der Waals surface area contributed by atoms with Gasteiger partial charge in [0.1, 0.15) is 11.9 Å². The highest BCUT2D eigenvalue weighted by Crippen LogP contribution is 2.26. The number of para-hydroxylation sites is 2. The summed E-state index contributed by atoms with van der Waals surface area (Å²) in [7, 11) is 0. The number of nitrogens with one attached hydrogen (secondary N) is 2. The second-order valence-corrected chi connectivity index (χ2v) is 5.35. The van der Waals surface area contributed by atoms with Crippen molar-refractivity contribution in [2.24, 2.45) is 0 Å². The van der Waals surface area contributed by atoms with E-state index in [0.717, 1.165) is 24.3 Å². The maximum atomic E-state index is 12.0. The summed E-state index contributed by atoms with van der Waals surface area (Å²) < 4.78 is 10.9. The summed E-state index contributed by atoms with van der Waals surface area (Å²) in [5.74, 6) is 1.54. The topological polar surface area (TPSA) is 85.4 Å². The lowest BCUT2D eigenvalue weighted by atomic mass is 10.2. The molecule has 24 heavy (non-hydrogen) atoms. The Hall–Kier alpha value is -2.67. The quantitative estimate of drug-likeness (QED) is 0.848. The number of carbonyl (C=O) groups is 1. The van der Waals surface area contributed by atoms with E-state index in [-0.39, 0.29) is 12.0 Å². The zero-order chi connectivity index (χ0) is 16.8. The van der Waals surface area contributed by atoms with E-state index < -0.39 is 0 Å². The standard InChI is InChI=1S/C17H20N4O3/c1-2-23-13-7-4-3-6-12(13)18-15-9-10-16(21-20-15)19-17(22)14-8-5-11-24-14/h3-4,6-7,9-10,14H,2,5,8,11H2,1H3,(H,18,20)(H,19,21,22). The van der Waals surface area contributed by atoms with Gasteiger partial charge in [-0.15, -0.1) is 10.2 Å². The summed E-state index contributed by atoms with van der Waals surface area (Å²) in [6.07, 6.45) is 1.27. The van der Waals surface area contributed by atoms with Crippen LogP contribution in [0.4, 0.5) is 17.3 Å². The number of hydrogen-bond donors (Lipinski definition) is 2. The molecule has 1 aromatic heterocycles. The summed E-state index contributed by atoms with van der Waals surface area (Å²) in [5, 5.41) is 14.0. The number of rotatable bonds is 6. The Morgan fingerprint density at radius 3 is 2.75 bits per heavy atom. The molecule has 0 bridgehead atoms. The van der Waals surface area contributed by atoms with Crippen molar-refractivity contribution in [1.29, 1.82) is 0 Å². The average molecular weight is 328 g/mol. The van der Waals surface area contributed by atoms with E-state index in [0.29, 0.717) is 24.8 Å². The van der Waals surface area contributed by atoms with Crippen LogP contribution in [0.15, 0.2) is 36.4 Å². The van der Waals surface area contributed by atoms with Crippen molar-refractivity contribution < 1.29 is 14.3 Å². The van der Waals surface area contributed by atoms with E-state index in [4.69, 9.17) is 9.47 Å². The molecule has 1 amide bonds. The third kappa shape index (κ3) is 3.99. The molecule has 1 saturated heterocycles. The summed E-state index contributed by atoms with van der Waals surface area (Å²) in [4.78, 5) is 12.0. The fourth-order valence-corrected chi connectivity index (χ4v) is 2.45. The van der Waals surface area contributed by atoms with Gasteiger partial charge in [0, 0.05) is 6.61 Å². The van der Waals surface area contributed by atoms with Crippen molar-refractivity contribution in [1.82, 2.24) is 10.2 Å². The lowest BCUT2D eigenvalue weighted by molar-refractivity contribution is -0.124. The molecule has 0 radical (unpaired) electrons. The third-order valence-electron chi connectivity index (χ3n) is 3.59. The maximum absolute atomic E-state index is 12.0. The van der Waals surface area contributed by atoms with E-state index in [2.05, 4.69) is 20.8 Å². The first-order valence-electron chi connectivity index (χ1n) is 8.01. The van der Waals surface area contributed by atoms with Gasteiger partial charge >= 0.3 is 0 Å². The highest BCUT2D eigenvalue weighted by Gasteiger charge is 2.23. The first-order chi connectivity index (χ1) is 11.8. The molecule has 1 unspecified atom stereocenters. The molecular formula is C17H20N4O3. The molecule has 1 aliphatic rings. The summed E-state index contributed by atoms with van der Waals surface area (Å²) in [6, 6.07) is 11.1. The Labute approximate surface area is 140 Å². The van der Waals surface area contributed by atoms with Gasteiger partial charge in [0.05, 0.1) is 12.3 Å². The van der Waals surface area contributed by atoms with Gasteiger partial charge in [-0.1, -0.05) is 12.1 Å². The fourth-order valence-electron chi connectivity index (χ4n) is 2.45. The molecule has 126 valence electrons. The molecule has 2 N–H and O–H groups in total. The van der Waals surface area contributed by atoms with Gasteiger partial charge in [0.2, 0.25) is 0 Å². The van der Waals surface area contributed by atoms with Crippen LogP contribution in [0, 0.1) is 0 Å². The molecule has 7 nitrogen and oxygen atoms in total. The number of hydrogen-bond acceptors (Lipinski definition) is 6. The zero-order valence-electron chi connectivity index (χ0n) is 13.5. The highest BCUT2D eigenvalue weighted by atomic mass is 16.5. The Bertz CT molecular complexity index is 684. The molecule has 7 heteroatoms. The molecule has 0 spiro atoms. The lowest BCUT2D eigenvalue weighted by Gasteiger charge is -2.12. The fraction of sp³-hybridized carbons (Fsp3) is 0.353. The van der Waals surface area contributed by atoms with E-state index in [1.165, 1.54) is 0 Å². The van der Waals surface area contributed by atoms with Gasteiger partial charge in [-0.2, -0.15) is 0 Å².